The van der Waals surface area contributed by atoms with E-state index in [1.165, 1.54) is 0 Å². The topological polar surface area (TPSA) is 114 Å². The largest absolute Gasteiger partial charge is 0.385 e. The van der Waals surface area contributed by atoms with Crippen molar-refractivity contribution in [3.05, 3.63) is 53.8 Å². The van der Waals surface area contributed by atoms with E-state index in [9.17, 15) is 9.90 Å². The normalized spacial score (nSPS) is 18.1. The molecule has 30 heavy (non-hydrogen) atoms. The molecule has 2 heterocycles. The van der Waals surface area contributed by atoms with E-state index in [1.54, 1.807) is 13.0 Å². The molecule has 162 valence electrons. The molecule has 0 bridgehead atoms. The number of aliphatic hydroxyl groups excluding tert-OH is 1. The molecule has 4 rings (SSSR count). The van der Waals surface area contributed by atoms with Crippen LogP contribution >= 0.6 is 0 Å². The van der Waals surface area contributed by atoms with Crippen LogP contribution in [0.4, 0.5) is 0 Å². The maximum atomic E-state index is 12.3. The summed E-state index contributed by atoms with van der Waals surface area (Å²) in [4.78, 5) is 16.5. The van der Waals surface area contributed by atoms with Gasteiger partial charge in [0.2, 0.25) is 5.89 Å². The van der Waals surface area contributed by atoms with Crippen molar-refractivity contribution in [1.82, 2.24) is 20.6 Å². The Morgan fingerprint density at radius 1 is 1.10 bits per heavy atom. The molecule has 1 aliphatic carbocycles. The summed E-state index contributed by atoms with van der Waals surface area (Å²) in [6.45, 7) is 9.58. The predicted octanol–water partition coefficient (Wildman–Crippen LogP) is 4.51. The summed E-state index contributed by atoms with van der Waals surface area (Å²) in [5.74, 6) is 1.16. The average molecular weight is 415 g/mol. The van der Waals surface area contributed by atoms with Crippen LogP contribution in [0.15, 0.2) is 45.4 Å². The van der Waals surface area contributed by atoms with E-state index in [2.05, 4.69) is 20.6 Å². The standard InChI is InChI=1S/C18H18N4O4.2C2H6/c1-10(23)16-20-18(26-22-16)12-7-13(8-12)19-17(24)14-9-15(25-21-14)11-5-3-2-4-6-11;2*1-2/h2-6,9-10,12-13,23H,7-8H2,1H3,(H,19,24);2*1-2H3. The number of hydrogen-bond donors (Lipinski definition) is 2. The molecule has 0 saturated heterocycles. The van der Waals surface area contributed by atoms with Crippen LogP contribution < -0.4 is 5.32 Å². The van der Waals surface area contributed by atoms with Gasteiger partial charge >= 0.3 is 0 Å². The number of hydrogen-bond acceptors (Lipinski definition) is 7. The third-order valence-corrected chi connectivity index (χ3v) is 4.45. The number of aliphatic hydroxyl groups is 1. The van der Waals surface area contributed by atoms with E-state index in [4.69, 9.17) is 9.05 Å². The molecule has 1 aliphatic rings. The maximum Gasteiger partial charge on any atom is 0.273 e. The molecule has 1 saturated carbocycles. The first-order valence-electron chi connectivity index (χ1n) is 10.4. The first-order chi connectivity index (χ1) is 14.6. The second-order valence-corrected chi connectivity index (χ2v) is 6.45. The highest BCUT2D eigenvalue weighted by atomic mass is 16.5. The number of carbonyl (C=O) groups excluding carboxylic acids is 1. The fourth-order valence-electron chi connectivity index (χ4n) is 2.90. The van der Waals surface area contributed by atoms with Crippen molar-refractivity contribution in [2.24, 2.45) is 0 Å². The van der Waals surface area contributed by atoms with E-state index >= 15 is 0 Å². The number of benzene rings is 1. The third kappa shape index (κ3) is 5.54. The zero-order valence-electron chi connectivity index (χ0n) is 18.1. The van der Waals surface area contributed by atoms with Crippen molar-refractivity contribution in [3.63, 3.8) is 0 Å². The van der Waals surface area contributed by atoms with Crippen molar-refractivity contribution in [2.75, 3.05) is 0 Å². The molecule has 1 fully saturated rings. The van der Waals surface area contributed by atoms with Crippen molar-refractivity contribution in [1.29, 1.82) is 0 Å². The quantitative estimate of drug-likeness (QED) is 0.631. The van der Waals surface area contributed by atoms with Gasteiger partial charge in [-0.3, -0.25) is 4.79 Å². The Balaban J connectivity index is 0.000000757. The van der Waals surface area contributed by atoms with Crippen LogP contribution in [0.2, 0.25) is 0 Å². The monoisotopic (exact) mass is 414 g/mol. The minimum absolute atomic E-state index is 0.0197. The van der Waals surface area contributed by atoms with Crippen molar-refractivity contribution in [2.45, 2.75) is 65.5 Å². The molecule has 1 amide bonds. The molecule has 0 aliphatic heterocycles. The lowest BCUT2D eigenvalue weighted by atomic mass is 9.80. The second kappa shape index (κ2) is 11.3. The predicted molar refractivity (Wildman–Crippen MR) is 113 cm³/mol. The van der Waals surface area contributed by atoms with Crippen LogP contribution in [0.1, 0.15) is 81.7 Å². The molecule has 2 N–H and O–H groups in total. The fraction of sp³-hybridized carbons (Fsp3) is 0.455. The van der Waals surface area contributed by atoms with E-state index in [1.807, 2.05) is 58.0 Å². The lowest BCUT2D eigenvalue weighted by molar-refractivity contribution is 0.0892. The number of nitrogens with zero attached hydrogens (tertiary/aromatic N) is 3. The van der Waals surface area contributed by atoms with Crippen molar-refractivity contribution >= 4 is 5.91 Å². The van der Waals surface area contributed by atoms with Gasteiger partial charge in [0.1, 0.15) is 6.10 Å². The van der Waals surface area contributed by atoms with Gasteiger partial charge in [0.05, 0.1) is 0 Å². The van der Waals surface area contributed by atoms with Crippen LogP contribution in [-0.4, -0.2) is 32.4 Å². The molecule has 2 aromatic heterocycles. The van der Waals surface area contributed by atoms with Gasteiger partial charge in [0.25, 0.3) is 5.91 Å². The zero-order valence-corrected chi connectivity index (χ0v) is 18.1. The van der Waals surface area contributed by atoms with Crippen LogP contribution in [0.5, 0.6) is 0 Å². The van der Waals surface area contributed by atoms with Gasteiger partial charge < -0.3 is 19.5 Å². The Hall–Kier alpha value is -3.00. The SMILES string of the molecule is CC.CC.CC(O)c1noc(C2CC(NC(=O)c3cc(-c4ccccc4)on3)C2)n1. The molecule has 0 spiro atoms. The molecule has 0 radical (unpaired) electrons. The molecule has 1 unspecified atom stereocenters. The van der Waals surface area contributed by atoms with E-state index in [0.29, 0.717) is 24.5 Å². The maximum absolute atomic E-state index is 12.3. The number of carbonyl (C=O) groups is 1. The molecule has 1 atom stereocenters. The third-order valence-electron chi connectivity index (χ3n) is 4.45. The lowest BCUT2D eigenvalue weighted by Gasteiger charge is -2.33. The molecular weight excluding hydrogens is 384 g/mol. The summed E-state index contributed by atoms with van der Waals surface area (Å²) in [5.41, 5.74) is 1.12. The summed E-state index contributed by atoms with van der Waals surface area (Å²) in [5, 5.41) is 19.9. The molecule has 1 aromatic carbocycles. The smallest absolute Gasteiger partial charge is 0.273 e. The van der Waals surface area contributed by atoms with Crippen molar-refractivity contribution < 1.29 is 18.9 Å². The van der Waals surface area contributed by atoms with Gasteiger partial charge in [-0.05, 0) is 19.8 Å². The first-order valence-corrected chi connectivity index (χ1v) is 10.4. The first kappa shape index (κ1) is 23.3. The van der Waals surface area contributed by atoms with E-state index in [0.717, 1.165) is 5.56 Å². The number of amides is 1. The van der Waals surface area contributed by atoms with Crippen LogP contribution in [0.3, 0.4) is 0 Å². The Bertz CT molecular complexity index is 899. The lowest BCUT2D eigenvalue weighted by Crippen LogP contribution is -2.43. The van der Waals surface area contributed by atoms with E-state index in [-0.39, 0.29) is 29.4 Å². The Morgan fingerprint density at radius 3 is 2.37 bits per heavy atom. The van der Waals surface area contributed by atoms with Crippen LogP contribution in [0.25, 0.3) is 11.3 Å². The molecule has 3 aromatic rings. The minimum atomic E-state index is -0.756. The highest BCUT2D eigenvalue weighted by molar-refractivity contribution is 5.93. The molecule has 8 heteroatoms. The zero-order chi connectivity index (χ0) is 22.1. The van der Waals surface area contributed by atoms with Gasteiger partial charge in [-0.1, -0.05) is 68.3 Å². The molecule has 8 nitrogen and oxygen atoms in total. The highest BCUT2D eigenvalue weighted by Crippen LogP contribution is 2.36. The minimum Gasteiger partial charge on any atom is -0.385 e. The van der Waals surface area contributed by atoms with Crippen LogP contribution in [-0.2, 0) is 0 Å². The Kier molecular flexibility index (Phi) is 8.73. The highest BCUT2D eigenvalue weighted by Gasteiger charge is 2.36. The second-order valence-electron chi connectivity index (χ2n) is 6.45. The van der Waals surface area contributed by atoms with Gasteiger partial charge in [-0.2, -0.15) is 4.98 Å². The van der Waals surface area contributed by atoms with Gasteiger partial charge in [0.15, 0.2) is 17.3 Å². The summed E-state index contributed by atoms with van der Waals surface area (Å²) in [7, 11) is 0. The summed E-state index contributed by atoms with van der Waals surface area (Å²) in [6, 6.07) is 11.1. The van der Waals surface area contributed by atoms with E-state index < -0.39 is 6.10 Å². The number of rotatable bonds is 5. The van der Waals surface area contributed by atoms with Gasteiger partial charge in [-0.15, -0.1) is 0 Å². The summed E-state index contributed by atoms with van der Waals surface area (Å²) >= 11 is 0. The number of aromatic nitrogens is 3. The summed E-state index contributed by atoms with van der Waals surface area (Å²) < 4.78 is 10.4. The van der Waals surface area contributed by atoms with Crippen LogP contribution in [0, 0.1) is 0 Å². The van der Waals surface area contributed by atoms with Crippen molar-refractivity contribution in [3.8, 4) is 11.3 Å². The van der Waals surface area contributed by atoms with Gasteiger partial charge in [-0.25, -0.2) is 0 Å². The Labute approximate surface area is 176 Å². The number of nitrogens with one attached hydrogen (secondary N) is 1. The van der Waals surface area contributed by atoms with Gasteiger partial charge in [0, 0.05) is 23.6 Å². The fourth-order valence-corrected chi connectivity index (χ4v) is 2.90. The average Bonchev–Trinajstić information content (AvgIpc) is 3.44. The summed E-state index contributed by atoms with van der Waals surface area (Å²) in [6.07, 6.45) is 0.654. The Morgan fingerprint density at radius 2 is 1.77 bits per heavy atom. The molecular formula is C22H30N4O4.